The van der Waals surface area contributed by atoms with Gasteiger partial charge in [-0.2, -0.15) is 0 Å². The van der Waals surface area contributed by atoms with Gasteiger partial charge in [0.05, 0.1) is 4.92 Å². The highest BCUT2D eigenvalue weighted by molar-refractivity contribution is 5.68. The van der Waals surface area contributed by atoms with Crippen LogP contribution in [0.1, 0.15) is 27.7 Å². The fourth-order valence-corrected chi connectivity index (χ4v) is 2.24. The molecule has 0 aromatic carbocycles. The van der Waals surface area contributed by atoms with Gasteiger partial charge in [0, 0.05) is 6.54 Å². The lowest BCUT2D eigenvalue weighted by atomic mass is 9.85. The molecule has 0 aliphatic carbocycles. The van der Waals surface area contributed by atoms with Gasteiger partial charge in [-0.3, -0.25) is 10.1 Å². The van der Waals surface area contributed by atoms with Gasteiger partial charge in [0.2, 0.25) is 11.6 Å². The lowest BCUT2D eigenvalue weighted by Crippen LogP contribution is -2.25. The van der Waals surface area contributed by atoms with Crippen molar-refractivity contribution in [3.63, 3.8) is 0 Å². The molecule has 20 heavy (non-hydrogen) atoms. The topological polar surface area (TPSA) is 119 Å². The highest BCUT2D eigenvalue weighted by Crippen LogP contribution is 2.29. The first kappa shape index (κ1) is 16.1. The molecule has 4 N–H and O–H groups in total. The van der Waals surface area contributed by atoms with Gasteiger partial charge in [0.25, 0.3) is 0 Å². The maximum absolute atomic E-state index is 11.1. The van der Waals surface area contributed by atoms with Crippen LogP contribution >= 0.6 is 0 Å². The third kappa shape index (κ3) is 3.77. The molecule has 0 bridgehead atoms. The molecule has 0 radical (unpaired) electrons. The van der Waals surface area contributed by atoms with Crippen LogP contribution in [0.3, 0.4) is 0 Å². The van der Waals surface area contributed by atoms with Gasteiger partial charge >= 0.3 is 5.69 Å². The molecule has 0 saturated carbocycles. The number of nitrogens with one attached hydrogen (secondary N) is 2. The summed E-state index contributed by atoms with van der Waals surface area (Å²) in [4.78, 5) is 18.2. The molecule has 0 spiro atoms. The van der Waals surface area contributed by atoms with E-state index in [1.54, 1.807) is 0 Å². The Labute approximate surface area is 118 Å². The predicted octanol–water partition coefficient (Wildman–Crippen LogP) is 2.01. The summed E-state index contributed by atoms with van der Waals surface area (Å²) in [7, 11) is 0. The molecule has 0 fully saturated rings. The van der Waals surface area contributed by atoms with Crippen LogP contribution in [0.2, 0.25) is 0 Å². The first-order valence-corrected chi connectivity index (χ1v) is 6.58. The van der Waals surface area contributed by atoms with Gasteiger partial charge in [-0.25, -0.2) is 15.8 Å². The van der Waals surface area contributed by atoms with Crippen molar-refractivity contribution in [2.75, 3.05) is 17.3 Å². The molecule has 0 saturated heterocycles. The second-order valence-electron chi connectivity index (χ2n) is 5.35. The number of nitrogen functional groups attached to an aromatic ring is 1. The van der Waals surface area contributed by atoms with E-state index in [-0.39, 0.29) is 17.3 Å². The minimum Gasteiger partial charge on any atom is -0.364 e. The van der Waals surface area contributed by atoms with Crippen LogP contribution in [0.25, 0.3) is 0 Å². The fraction of sp³-hybridized carbons (Fsp3) is 0.667. The van der Waals surface area contributed by atoms with Crippen molar-refractivity contribution in [1.82, 2.24) is 9.97 Å². The van der Waals surface area contributed by atoms with Crippen LogP contribution < -0.4 is 16.6 Å². The second kappa shape index (κ2) is 6.99. The summed E-state index contributed by atoms with van der Waals surface area (Å²) in [5.74, 6) is 6.74. The normalized spacial score (nSPS) is 11.2. The summed E-state index contributed by atoms with van der Waals surface area (Å²) < 4.78 is 0. The Bertz CT molecular complexity index is 455. The molecule has 0 atom stereocenters. The summed E-state index contributed by atoms with van der Waals surface area (Å²) >= 11 is 0. The smallest absolute Gasteiger partial charge is 0.354 e. The van der Waals surface area contributed by atoms with Crippen molar-refractivity contribution >= 4 is 17.3 Å². The van der Waals surface area contributed by atoms with Crippen molar-refractivity contribution in [3.8, 4) is 0 Å². The Morgan fingerprint density at radius 1 is 1.25 bits per heavy atom. The molecule has 112 valence electrons. The zero-order chi connectivity index (χ0) is 15.3. The van der Waals surface area contributed by atoms with E-state index in [1.165, 1.54) is 6.33 Å². The van der Waals surface area contributed by atoms with E-state index in [0.29, 0.717) is 24.3 Å². The quantitative estimate of drug-likeness (QED) is 0.397. The molecule has 1 heterocycles. The van der Waals surface area contributed by atoms with Crippen molar-refractivity contribution < 1.29 is 4.92 Å². The lowest BCUT2D eigenvalue weighted by molar-refractivity contribution is -0.383. The van der Waals surface area contributed by atoms with E-state index >= 15 is 0 Å². The van der Waals surface area contributed by atoms with E-state index in [0.717, 1.165) is 0 Å². The monoisotopic (exact) mass is 282 g/mol. The molecule has 1 rings (SSSR count). The number of nitrogens with zero attached hydrogens (tertiary/aromatic N) is 3. The molecule has 0 aliphatic heterocycles. The summed E-state index contributed by atoms with van der Waals surface area (Å²) in [6.45, 7) is 9.14. The molecule has 8 nitrogen and oxygen atoms in total. The Kier molecular flexibility index (Phi) is 5.63. The number of anilines is 2. The number of hydrogen-bond acceptors (Lipinski definition) is 7. The van der Waals surface area contributed by atoms with Gasteiger partial charge in [-0.15, -0.1) is 0 Å². The number of nitrogens with two attached hydrogens (primary N) is 1. The summed E-state index contributed by atoms with van der Waals surface area (Å²) in [6.07, 6.45) is 1.24. The third-order valence-electron chi connectivity index (χ3n) is 3.36. The van der Waals surface area contributed by atoms with Crippen molar-refractivity contribution in [2.45, 2.75) is 27.7 Å². The summed E-state index contributed by atoms with van der Waals surface area (Å²) in [5, 5.41) is 14.1. The van der Waals surface area contributed by atoms with E-state index in [2.05, 4.69) is 48.4 Å². The van der Waals surface area contributed by atoms with Crippen molar-refractivity contribution in [1.29, 1.82) is 0 Å². The van der Waals surface area contributed by atoms with Crippen molar-refractivity contribution in [3.05, 3.63) is 16.4 Å². The Hall–Kier alpha value is -1.96. The van der Waals surface area contributed by atoms with E-state index < -0.39 is 4.92 Å². The van der Waals surface area contributed by atoms with Crippen LogP contribution in [-0.2, 0) is 0 Å². The average Bonchev–Trinajstić information content (AvgIpc) is 2.37. The Balaban J connectivity index is 2.95. The van der Waals surface area contributed by atoms with Crippen LogP contribution in [-0.4, -0.2) is 21.4 Å². The number of hydrogen-bond donors (Lipinski definition) is 3. The number of hydrazine groups is 1. The molecular formula is C12H22N6O2. The van der Waals surface area contributed by atoms with Gasteiger partial charge in [0.15, 0.2) is 0 Å². The average molecular weight is 282 g/mol. The highest BCUT2D eigenvalue weighted by atomic mass is 16.6. The van der Waals surface area contributed by atoms with Gasteiger partial charge < -0.3 is 10.7 Å². The summed E-state index contributed by atoms with van der Waals surface area (Å²) in [5.41, 5.74) is 1.98. The molecular weight excluding hydrogens is 260 g/mol. The van der Waals surface area contributed by atoms with E-state index in [9.17, 15) is 10.1 Å². The van der Waals surface area contributed by atoms with Crippen molar-refractivity contribution in [2.24, 2.45) is 23.6 Å². The lowest BCUT2D eigenvalue weighted by Gasteiger charge is -2.25. The van der Waals surface area contributed by atoms with Gasteiger partial charge in [0.1, 0.15) is 6.33 Å². The Morgan fingerprint density at radius 2 is 1.80 bits per heavy atom. The third-order valence-corrected chi connectivity index (χ3v) is 3.36. The first-order chi connectivity index (χ1) is 9.38. The predicted molar refractivity (Wildman–Crippen MR) is 78.2 cm³/mol. The van der Waals surface area contributed by atoms with Gasteiger partial charge in [-0.05, 0) is 17.8 Å². The molecule has 8 heteroatoms. The molecule has 1 aromatic heterocycles. The van der Waals surface area contributed by atoms with E-state index in [4.69, 9.17) is 5.84 Å². The maximum Gasteiger partial charge on any atom is 0.354 e. The minimum atomic E-state index is -0.544. The highest BCUT2D eigenvalue weighted by Gasteiger charge is 2.24. The van der Waals surface area contributed by atoms with Crippen LogP contribution in [0.5, 0.6) is 0 Å². The van der Waals surface area contributed by atoms with Crippen LogP contribution in [0.15, 0.2) is 6.33 Å². The molecule has 0 aliphatic rings. The minimum absolute atomic E-state index is 0.00172. The molecule has 0 unspecified atom stereocenters. The zero-order valence-corrected chi connectivity index (χ0v) is 12.3. The second-order valence-corrected chi connectivity index (χ2v) is 5.35. The van der Waals surface area contributed by atoms with E-state index in [1.807, 2.05) is 0 Å². The Morgan fingerprint density at radius 3 is 2.25 bits per heavy atom. The molecule has 1 aromatic rings. The summed E-state index contributed by atoms with van der Waals surface area (Å²) in [6, 6.07) is 0. The number of nitro groups is 1. The SMILES string of the molecule is CC(C)C(CNc1ncnc(NN)c1[N+](=O)[O-])C(C)C. The number of rotatable bonds is 7. The van der Waals surface area contributed by atoms with Gasteiger partial charge in [-0.1, -0.05) is 27.7 Å². The zero-order valence-electron chi connectivity index (χ0n) is 12.3. The fourth-order valence-electron chi connectivity index (χ4n) is 2.24. The first-order valence-electron chi connectivity index (χ1n) is 6.58. The largest absolute Gasteiger partial charge is 0.364 e. The maximum atomic E-state index is 11.1. The van der Waals surface area contributed by atoms with Crippen LogP contribution in [0.4, 0.5) is 17.3 Å². The van der Waals surface area contributed by atoms with Crippen LogP contribution in [0, 0.1) is 27.9 Å². The number of aromatic nitrogens is 2. The standard InChI is InChI=1S/C12H22N6O2/c1-7(2)9(8(3)4)5-14-11-10(18(19)20)12(17-13)16-6-15-11/h6-9H,5,13H2,1-4H3,(H2,14,15,16,17). The molecule has 0 amide bonds.